The van der Waals surface area contributed by atoms with E-state index in [9.17, 15) is 13.2 Å². The van der Waals surface area contributed by atoms with Crippen molar-refractivity contribution in [3.05, 3.63) is 28.8 Å². The fraction of sp³-hybridized carbons (Fsp3) is 0.562. The van der Waals surface area contributed by atoms with Crippen LogP contribution in [-0.4, -0.2) is 50.7 Å². The molecule has 1 aliphatic carbocycles. The van der Waals surface area contributed by atoms with Gasteiger partial charge in [-0.2, -0.15) is 0 Å². The van der Waals surface area contributed by atoms with Gasteiger partial charge < -0.3 is 10.2 Å². The van der Waals surface area contributed by atoms with Crippen molar-refractivity contribution in [3.8, 4) is 0 Å². The summed E-state index contributed by atoms with van der Waals surface area (Å²) in [5.74, 6) is -0.239. The van der Waals surface area contributed by atoms with Crippen molar-refractivity contribution in [3.63, 3.8) is 0 Å². The molecule has 0 bridgehead atoms. The molecule has 2 aliphatic rings. The minimum Gasteiger partial charge on any atom is -0.349 e. The third kappa shape index (κ3) is 4.05. The first-order valence-electron chi connectivity index (χ1n) is 7.89. The molecule has 3 rings (SSSR count). The minimum atomic E-state index is -3.45. The van der Waals surface area contributed by atoms with Gasteiger partial charge in [-0.3, -0.25) is 4.79 Å². The van der Waals surface area contributed by atoms with Crippen molar-refractivity contribution in [1.29, 1.82) is 0 Å². The molecule has 0 unspecified atom stereocenters. The lowest BCUT2D eigenvalue weighted by atomic mass is 10.0. The zero-order valence-electron chi connectivity index (χ0n) is 13.1. The summed E-state index contributed by atoms with van der Waals surface area (Å²) in [4.78, 5) is 14.9. The predicted molar refractivity (Wildman–Crippen MR) is 89.6 cm³/mol. The molecule has 1 N–H and O–H groups in total. The standard InChI is InChI=1S/C16H21ClN2O3S/c1-23(21,22)15-10-11(2-5-14(15)17)16(20)18-12-6-8-19(9-7-12)13-3-4-13/h2,5,10,12-13H,3-4,6-9H2,1H3,(H,18,20). The molecule has 2 fully saturated rings. The van der Waals surface area contributed by atoms with E-state index >= 15 is 0 Å². The molecule has 1 heterocycles. The first kappa shape index (κ1) is 16.7. The molecule has 1 aromatic carbocycles. The Morgan fingerprint density at radius 1 is 1.22 bits per heavy atom. The number of nitrogens with zero attached hydrogens (tertiary/aromatic N) is 1. The maximum Gasteiger partial charge on any atom is 0.251 e. The summed E-state index contributed by atoms with van der Waals surface area (Å²) in [5, 5.41) is 3.15. The molecule has 1 saturated carbocycles. The van der Waals surface area contributed by atoms with Crippen molar-refractivity contribution < 1.29 is 13.2 Å². The van der Waals surface area contributed by atoms with E-state index < -0.39 is 9.84 Å². The number of piperidine rings is 1. The number of carbonyl (C=O) groups excluding carboxylic acids is 1. The zero-order chi connectivity index (χ0) is 16.6. The molecule has 1 aliphatic heterocycles. The number of rotatable bonds is 4. The fourth-order valence-corrected chi connectivity index (χ4v) is 4.35. The molecule has 7 heteroatoms. The Morgan fingerprint density at radius 2 is 1.87 bits per heavy atom. The van der Waals surface area contributed by atoms with E-state index in [-0.39, 0.29) is 21.9 Å². The SMILES string of the molecule is CS(=O)(=O)c1cc(C(=O)NC2CCN(C3CC3)CC2)ccc1Cl. The van der Waals surface area contributed by atoms with Crippen LogP contribution in [-0.2, 0) is 9.84 Å². The van der Waals surface area contributed by atoms with Crippen LogP contribution < -0.4 is 5.32 Å². The van der Waals surface area contributed by atoms with Gasteiger partial charge >= 0.3 is 0 Å². The van der Waals surface area contributed by atoms with Gasteiger partial charge in [0.25, 0.3) is 5.91 Å². The third-order valence-corrected chi connectivity index (χ3v) is 6.10. The number of halogens is 1. The summed E-state index contributed by atoms with van der Waals surface area (Å²) >= 11 is 5.91. The van der Waals surface area contributed by atoms with E-state index in [1.807, 2.05) is 0 Å². The van der Waals surface area contributed by atoms with Gasteiger partial charge in [0.2, 0.25) is 0 Å². The summed E-state index contributed by atoms with van der Waals surface area (Å²) < 4.78 is 23.4. The molecule has 1 aromatic rings. The van der Waals surface area contributed by atoms with E-state index in [1.54, 1.807) is 6.07 Å². The lowest BCUT2D eigenvalue weighted by Crippen LogP contribution is -2.45. The Labute approximate surface area is 141 Å². The quantitative estimate of drug-likeness (QED) is 0.897. The summed E-state index contributed by atoms with van der Waals surface area (Å²) in [6, 6.07) is 5.29. The molecule has 1 saturated heterocycles. The van der Waals surface area contributed by atoms with E-state index in [2.05, 4.69) is 10.2 Å². The second kappa shape index (κ2) is 6.42. The first-order chi connectivity index (χ1) is 10.8. The van der Waals surface area contributed by atoms with Gasteiger partial charge in [-0.05, 0) is 43.9 Å². The van der Waals surface area contributed by atoms with Crippen molar-refractivity contribution >= 4 is 27.3 Å². The first-order valence-corrected chi connectivity index (χ1v) is 10.2. The molecule has 0 spiro atoms. The van der Waals surface area contributed by atoms with E-state index in [4.69, 9.17) is 11.6 Å². The molecule has 126 valence electrons. The van der Waals surface area contributed by atoms with Gasteiger partial charge in [-0.15, -0.1) is 0 Å². The van der Waals surface area contributed by atoms with Gasteiger partial charge in [-0.1, -0.05) is 11.6 Å². The minimum absolute atomic E-state index is 0.00429. The smallest absolute Gasteiger partial charge is 0.251 e. The molecular formula is C16H21ClN2O3S. The topological polar surface area (TPSA) is 66.5 Å². The monoisotopic (exact) mass is 356 g/mol. The average molecular weight is 357 g/mol. The number of carbonyl (C=O) groups is 1. The molecular weight excluding hydrogens is 336 g/mol. The van der Waals surface area contributed by atoms with Crippen molar-refractivity contribution in [2.45, 2.75) is 42.7 Å². The van der Waals surface area contributed by atoms with Crippen LogP contribution in [0.5, 0.6) is 0 Å². The Bertz CT molecular complexity index is 708. The van der Waals surface area contributed by atoms with Crippen LogP contribution in [0.4, 0.5) is 0 Å². The number of hydrogen-bond acceptors (Lipinski definition) is 4. The van der Waals surface area contributed by atoms with Crippen LogP contribution in [0.1, 0.15) is 36.0 Å². The second-order valence-corrected chi connectivity index (χ2v) is 8.82. The van der Waals surface area contributed by atoms with Crippen molar-refractivity contribution in [2.24, 2.45) is 0 Å². The highest BCUT2D eigenvalue weighted by Crippen LogP contribution is 2.29. The number of hydrogen-bond donors (Lipinski definition) is 1. The largest absolute Gasteiger partial charge is 0.349 e. The van der Waals surface area contributed by atoms with Gasteiger partial charge in [0, 0.05) is 37.0 Å². The van der Waals surface area contributed by atoms with Crippen molar-refractivity contribution in [1.82, 2.24) is 10.2 Å². The van der Waals surface area contributed by atoms with E-state index in [0.717, 1.165) is 38.2 Å². The normalized spacial score (nSPS) is 20.4. The van der Waals surface area contributed by atoms with Gasteiger partial charge in [-0.25, -0.2) is 8.42 Å². The number of amides is 1. The lowest BCUT2D eigenvalue weighted by molar-refractivity contribution is 0.0909. The molecule has 23 heavy (non-hydrogen) atoms. The number of nitrogens with one attached hydrogen (secondary N) is 1. The lowest BCUT2D eigenvalue weighted by Gasteiger charge is -2.32. The summed E-state index contributed by atoms with van der Waals surface area (Å²) in [6.07, 6.45) is 5.57. The summed E-state index contributed by atoms with van der Waals surface area (Å²) in [7, 11) is -3.45. The Balaban J connectivity index is 1.64. The van der Waals surface area contributed by atoms with Gasteiger partial charge in [0.05, 0.1) is 9.92 Å². The van der Waals surface area contributed by atoms with Crippen LogP contribution in [0.3, 0.4) is 0 Å². The summed E-state index contributed by atoms with van der Waals surface area (Å²) in [5.41, 5.74) is 0.333. The number of likely N-dealkylation sites (tertiary alicyclic amines) is 1. The van der Waals surface area contributed by atoms with E-state index in [0.29, 0.717) is 5.56 Å². The Kier molecular flexibility index (Phi) is 4.67. The Hall–Kier alpha value is -1.11. The maximum atomic E-state index is 12.4. The number of sulfone groups is 1. The third-order valence-electron chi connectivity index (χ3n) is 4.52. The molecule has 0 aromatic heterocycles. The molecule has 0 atom stereocenters. The highest BCUT2D eigenvalue weighted by atomic mass is 35.5. The molecule has 1 amide bonds. The highest BCUT2D eigenvalue weighted by Gasteiger charge is 2.32. The molecule has 5 nitrogen and oxygen atoms in total. The van der Waals surface area contributed by atoms with Crippen LogP contribution in [0.15, 0.2) is 23.1 Å². The van der Waals surface area contributed by atoms with Crippen LogP contribution in [0, 0.1) is 0 Å². The van der Waals surface area contributed by atoms with Crippen LogP contribution in [0.25, 0.3) is 0 Å². The average Bonchev–Trinajstić information content (AvgIpc) is 3.32. The highest BCUT2D eigenvalue weighted by molar-refractivity contribution is 7.90. The fourth-order valence-electron chi connectivity index (χ4n) is 3.05. The number of benzene rings is 1. The van der Waals surface area contributed by atoms with Crippen LogP contribution in [0.2, 0.25) is 5.02 Å². The van der Waals surface area contributed by atoms with Gasteiger partial charge in [0.1, 0.15) is 0 Å². The van der Waals surface area contributed by atoms with Crippen LogP contribution >= 0.6 is 11.6 Å². The van der Waals surface area contributed by atoms with Crippen molar-refractivity contribution in [2.75, 3.05) is 19.3 Å². The van der Waals surface area contributed by atoms with E-state index in [1.165, 1.54) is 25.0 Å². The zero-order valence-corrected chi connectivity index (χ0v) is 14.7. The Morgan fingerprint density at radius 3 is 2.43 bits per heavy atom. The maximum absolute atomic E-state index is 12.4. The molecule has 0 radical (unpaired) electrons. The summed E-state index contributed by atoms with van der Waals surface area (Å²) in [6.45, 7) is 2.04. The second-order valence-electron chi connectivity index (χ2n) is 6.43. The predicted octanol–water partition coefficient (Wildman–Crippen LogP) is 2.10. The van der Waals surface area contributed by atoms with Gasteiger partial charge in [0.15, 0.2) is 9.84 Å².